The molecule has 228 valence electrons. The first-order chi connectivity index (χ1) is 20.6. The highest BCUT2D eigenvalue weighted by Crippen LogP contribution is 2.35. The maximum absolute atomic E-state index is 12.8. The molecule has 0 spiro atoms. The van der Waals surface area contributed by atoms with Crippen LogP contribution < -0.4 is 4.74 Å². The van der Waals surface area contributed by atoms with Crippen LogP contribution in [0.25, 0.3) is 21.9 Å². The number of nitrogens with zero attached hydrogens (tertiary/aromatic N) is 3. The summed E-state index contributed by atoms with van der Waals surface area (Å²) in [4.78, 5) is 7.27. The number of rotatable bonds is 10. The Kier molecular flexibility index (Phi) is 8.38. The molecule has 3 aliphatic rings. The molecule has 1 fully saturated rings. The molecule has 0 amide bonds. The largest absolute Gasteiger partial charge is 0.474 e. The Balaban J connectivity index is 1.01. The molecule has 0 aliphatic carbocycles. The molecule has 2 aromatic carbocycles. The van der Waals surface area contributed by atoms with Gasteiger partial charge < -0.3 is 14.4 Å². The van der Waals surface area contributed by atoms with E-state index in [1.54, 1.807) is 28.6 Å². The van der Waals surface area contributed by atoms with Gasteiger partial charge in [0, 0.05) is 39.0 Å². The van der Waals surface area contributed by atoms with E-state index in [0.717, 1.165) is 34.2 Å². The zero-order chi connectivity index (χ0) is 30.2. The van der Waals surface area contributed by atoms with E-state index in [2.05, 4.69) is 17.6 Å². The van der Waals surface area contributed by atoms with Crippen LogP contribution in [0.3, 0.4) is 0 Å². The third-order valence-electron chi connectivity index (χ3n) is 8.08. The summed E-state index contributed by atoms with van der Waals surface area (Å²) in [5.74, 6) is 0.648. The van der Waals surface area contributed by atoms with Gasteiger partial charge in [0.15, 0.2) is 5.88 Å². The van der Waals surface area contributed by atoms with E-state index in [1.165, 1.54) is 11.3 Å². The molecule has 43 heavy (non-hydrogen) atoms. The zero-order valence-corrected chi connectivity index (χ0v) is 26.5. The number of hydrogen-bond acceptors (Lipinski definition) is 9. The molecule has 0 bridgehead atoms. The summed E-state index contributed by atoms with van der Waals surface area (Å²) in [5, 5.41) is 0.632. The van der Waals surface area contributed by atoms with E-state index in [9.17, 15) is 16.8 Å². The molecule has 0 atom stereocenters. The van der Waals surface area contributed by atoms with Gasteiger partial charge in [-0.05, 0) is 60.4 Å². The lowest BCUT2D eigenvalue weighted by atomic mass is 10.0. The summed E-state index contributed by atoms with van der Waals surface area (Å²) in [6.45, 7) is 8.16. The Bertz CT molecular complexity index is 1820. The van der Waals surface area contributed by atoms with Gasteiger partial charge in [-0.1, -0.05) is 48.6 Å². The number of aromatic nitrogens is 1. The van der Waals surface area contributed by atoms with Crippen LogP contribution >= 0.6 is 11.3 Å². The summed E-state index contributed by atoms with van der Waals surface area (Å²) >= 11 is 1.52. The molecule has 9 nitrogen and oxygen atoms in total. The Labute approximate surface area is 257 Å². The number of piperidine rings is 1. The lowest BCUT2D eigenvalue weighted by Gasteiger charge is -2.33. The molecule has 0 N–H and O–H groups in total. The van der Waals surface area contributed by atoms with Crippen molar-refractivity contribution in [3.05, 3.63) is 77.0 Å². The second-order valence-corrected chi connectivity index (χ2v) is 16.0. The van der Waals surface area contributed by atoms with E-state index in [-0.39, 0.29) is 23.4 Å². The fourth-order valence-corrected chi connectivity index (χ4v) is 9.51. The number of ether oxygens (including phenoxy) is 2. The first-order valence-corrected chi connectivity index (χ1v) is 18.4. The predicted octanol–water partition coefficient (Wildman–Crippen LogP) is 5.28. The number of thiazole rings is 1. The van der Waals surface area contributed by atoms with Crippen LogP contribution in [-0.4, -0.2) is 75.7 Å². The van der Waals surface area contributed by atoms with E-state index in [4.69, 9.17) is 9.47 Å². The van der Waals surface area contributed by atoms with Crippen molar-refractivity contribution in [2.45, 2.75) is 43.6 Å². The molecular formula is C31H35N3O6S3. The molecular weight excluding hydrogens is 607 g/mol. The van der Waals surface area contributed by atoms with Gasteiger partial charge >= 0.3 is 0 Å². The van der Waals surface area contributed by atoms with Crippen molar-refractivity contribution in [1.29, 1.82) is 0 Å². The van der Waals surface area contributed by atoms with Gasteiger partial charge in [0.25, 0.3) is 5.19 Å². The number of hydrogen-bond donors (Lipinski definition) is 0. The van der Waals surface area contributed by atoms with Crippen LogP contribution in [0.15, 0.2) is 70.8 Å². The molecule has 6 rings (SSSR count). The highest BCUT2D eigenvalue weighted by molar-refractivity contribution is 7.95. The Hall–Kier alpha value is -3.19. The minimum absolute atomic E-state index is 0.00797. The molecule has 1 aromatic heterocycles. The van der Waals surface area contributed by atoms with Crippen molar-refractivity contribution in [1.82, 2.24) is 14.2 Å². The van der Waals surface area contributed by atoms with Crippen molar-refractivity contribution >= 4 is 53.1 Å². The quantitative estimate of drug-likeness (QED) is 0.275. The van der Waals surface area contributed by atoms with Crippen molar-refractivity contribution in [2.24, 2.45) is 0 Å². The Morgan fingerprint density at radius 2 is 1.93 bits per heavy atom. The summed E-state index contributed by atoms with van der Waals surface area (Å²) in [5.41, 5.74) is 3.81. The predicted molar refractivity (Wildman–Crippen MR) is 170 cm³/mol. The van der Waals surface area contributed by atoms with Crippen molar-refractivity contribution in [3.63, 3.8) is 0 Å². The van der Waals surface area contributed by atoms with Crippen LogP contribution in [-0.2, 0) is 24.6 Å². The van der Waals surface area contributed by atoms with Crippen LogP contribution in [0, 0.1) is 0 Å². The monoisotopic (exact) mass is 641 g/mol. The number of likely N-dealkylation sites (tertiary alicyclic amines) is 1. The Morgan fingerprint density at radius 1 is 1.14 bits per heavy atom. The van der Waals surface area contributed by atoms with Crippen LogP contribution in [0.1, 0.15) is 43.7 Å². The smallest absolute Gasteiger partial charge is 0.274 e. The second kappa shape index (κ2) is 12.1. The highest BCUT2D eigenvalue weighted by Gasteiger charge is 2.30. The van der Waals surface area contributed by atoms with Gasteiger partial charge in [0.2, 0.25) is 19.9 Å². The average molecular weight is 642 g/mol. The third-order valence-corrected chi connectivity index (χ3v) is 12.9. The zero-order valence-electron chi connectivity index (χ0n) is 24.1. The van der Waals surface area contributed by atoms with Gasteiger partial charge in [0.1, 0.15) is 12.7 Å². The normalized spacial score (nSPS) is 19.1. The topological polar surface area (TPSA) is 106 Å². The van der Waals surface area contributed by atoms with Gasteiger partial charge in [-0.25, -0.2) is 21.8 Å². The summed E-state index contributed by atoms with van der Waals surface area (Å²) in [6.07, 6.45) is 6.53. The summed E-state index contributed by atoms with van der Waals surface area (Å²) in [6, 6.07) is 13.1. The standard InChI is InChI=1S/C31H35N3O6S3/c1-3-18-42(35,36)34-16-10-23(11-17-34)24-8-9-28-29(20-24)41-31(32-28)40-26-12-14-33(15-13-26)22(2)39-21-27-19-25-6-4-5-7-30(25)43(27,37)38/h4-10,19-20,26H,2-3,11-18,21H2,1H3. The lowest BCUT2D eigenvalue weighted by molar-refractivity contribution is 0.0682. The van der Waals surface area contributed by atoms with Gasteiger partial charge in [-0.3, -0.25) is 0 Å². The number of fused-ring (bicyclic) bond motifs is 2. The molecule has 3 aromatic rings. The van der Waals surface area contributed by atoms with Gasteiger partial charge in [-0.2, -0.15) is 4.31 Å². The Morgan fingerprint density at radius 3 is 2.65 bits per heavy atom. The molecule has 0 saturated carbocycles. The van der Waals surface area contributed by atoms with Crippen molar-refractivity contribution < 1.29 is 26.3 Å². The van der Waals surface area contributed by atoms with Crippen molar-refractivity contribution in [3.8, 4) is 5.19 Å². The molecule has 0 unspecified atom stereocenters. The maximum Gasteiger partial charge on any atom is 0.274 e. The van der Waals surface area contributed by atoms with E-state index in [0.29, 0.717) is 60.6 Å². The average Bonchev–Trinajstić information content (AvgIpc) is 3.52. The first-order valence-electron chi connectivity index (χ1n) is 14.5. The minimum atomic E-state index is -3.52. The molecule has 12 heteroatoms. The van der Waals surface area contributed by atoms with E-state index in [1.807, 2.05) is 36.1 Å². The summed E-state index contributed by atoms with van der Waals surface area (Å²) in [7, 11) is -6.71. The fraction of sp³-hybridized carbons (Fsp3) is 0.387. The number of sulfone groups is 1. The van der Waals surface area contributed by atoms with Crippen molar-refractivity contribution in [2.75, 3.05) is 38.5 Å². The van der Waals surface area contributed by atoms with E-state index < -0.39 is 19.9 Å². The van der Waals surface area contributed by atoms with Gasteiger partial charge in [0.05, 0.1) is 25.8 Å². The lowest BCUT2D eigenvalue weighted by Crippen LogP contribution is -2.38. The number of benzene rings is 2. The molecule has 3 aliphatic heterocycles. The summed E-state index contributed by atoms with van der Waals surface area (Å²) < 4.78 is 65.0. The van der Waals surface area contributed by atoms with E-state index >= 15 is 0 Å². The SMILES string of the molecule is C=C(OCC1=Cc2ccccc2S1(=O)=O)N1CCC(Oc2nc3ccc(C4=CCN(S(=O)(=O)CCC)CC4)cc3s2)CC1. The molecule has 1 saturated heterocycles. The van der Waals surface area contributed by atoms with Crippen LogP contribution in [0.2, 0.25) is 0 Å². The number of sulfonamides is 1. The second-order valence-electron chi connectivity index (χ2n) is 11.0. The molecule has 4 heterocycles. The van der Waals surface area contributed by atoms with Gasteiger partial charge in [-0.15, -0.1) is 0 Å². The third kappa shape index (κ3) is 6.24. The first kappa shape index (κ1) is 29.9. The fourth-order valence-electron chi connectivity index (χ4n) is 5.67. The molecule has 0 radical (unpaired) electrons. The minimum Gasteiger partial charge on any atom is -0.474 e. The maximum atomic E-state index is 12.8. The van der Waals surface area contributed by atoms with Crippen LogP contribution in [0.4, 0.5) is 0 Å². The highest BCUT2D eigenvalue weighted by atomic mass is 32.2. The van der Waals surface area contributed by atoms with Crippen LogP contribution in [0.5, 0.6) is 5.19 Å².